The Kier molecular flexibility index (Phi) is 2.31. The van der Waals surface area contributed by atoms with E-state index >= 15 is 0 Å². The summed E-state index contributed by atoms with van der Waals surface area (Å²) in [5, 5.41) is 0.481. The summed E-state index contributed by atoms with van der Waals surface area (Å²) >= 11 is 5.88. The molecule has 2 heterocycles. The van der Waals surface area contributed by atoms with Crippen LogP contribution in [0.1, 0.15) is 0 Å². The average molecular weight is 263 g/mol. The lowest BCUT2D eigenvalue weighted by Crippen LogP contribution is -2.18. The molecular formula is C11H7ClN4O2. The van der Waals surface area contributed by atoms with Crippen molar-refractivity contribution in [3.8, 4) is 5.69 Å². The number of H-pyrrole nitrogens is 2. The zero-order chi connectivity index (χ0) is 12.7. The summed E-state index contributed by atoms with van der Waals surface area (Å²) in [6.07, 6.45) is 1.24. The molecule has 0 radical (unpaired) electrons. The van der Waals surface area contributed by atoms with Gasteiger partial charge in [-0.15, -0.1) is 0 Å². The first-order chi connectivity index (χ1) is 8.66. The smallest absolute Gasteiger partial charge is 0.311 e. The average Bonchev–Trinajstić information content (AvgIpc) is 2.67. The van der Waals surface area contributed by atoms with E-state index in [2.05, 4.69) is 15.0 Å². The molecule has 2 N–H and O–H groups in total. The van der Waals surface area contributed by atoms with Gasteiger partial charge in [0.1, 0.15) is 0 Å². The molecule has 0 atom stereocenters. The van der Waals surface area contributed by atoms with Crippen LogP contribution >= 0.6 is 11.6 Å². The fraction of sp³-hybridized carbons (Fsp3) is 0. The lowest BCUT2D eigenvalue weighted by atomic mass is 10.3. The maximum Gasteiger partial charge on any atom is 0.332 e. The predicted octanol–water partition coefficient (Wildman–Crippen LogP) is 1.06. The van der Waals surface area contributed by atoms with Gasteiger partial charge in [0.15, 0.2) is 11.2 Å². The fourth-order valence-corrected chi connectivity index (χ4v) is 2.00. The number of halogens is 1. The van der Waals surface area contributed by atoms with Crippen molar-refractivity contribution in [1.29, 1.82) is 0 Å². The molecule has 0 unspecified atom stereocenters. The van der Waals surface area contributed by atoms with Crippen LogP contribution in [-0.4, -0.2) is 19.5 Å². The van der Waals surface area contributed by atoms with Gasteiger partial charge in [0, 0.05) is 5.02 Å². The maximum absolute atomic E-state index is 11.9. The first-order valence-corrected chi connectivity index (χ1v) is 5.49. The number of nitrogens with zero attached hydrogens (tertiary/aromatic N) is 2. The summed E-state index contributed by atoms with van der Waals surface area (Å²) < 4.78 is 1.24. The van der Waals surface area contributed by atoms with Gasteiger partial charge in [0.25, 0.3) is 5.56 Å². The number of nitrogens with one attached hydrogen (secondary N) is 2. The van der Waals surface area contributed by atoms with E-state index in [1.165, 1.54) is 10.9 Å². The van der Waals surface area contributed by atoms with E-state index in [1.54, 1.807) is 24.3 Å². The monoisotopic (exact) mass is 262 g/mol. The number of imidazole rings is 1. The van der Waals surface area contributed by atoms with Crippen LogP contribution in [0.4, 0.5) is 0 Å². The maximum atomic E-state index is 11.9. The SMILES string of the molecule is O=c1[nH]cnc2[nH]c(=O)n(-c3cccc(Cl)c3)c12. The Morgan fingerprint density at radius 2 is 2.11 bits per heavy atom. The second kappa shape index (κ2) is 3.85. The van der Waals surface area contributed by atoms with Crippen molar-refractivity contribution in [3.05, 3.63) is 56.5 Å². The van der Waals surface area contributed by atoms with Crippen LogP contribution in [-0.2, 0) is 0 Å². The minimum Gasteiger partial charge on any atom is -0.311 e. The standard InChI is InChI=1S/C11H7ClN4O2/c12-6-2-1-3-7(4-6)16-8-9(15-11(16)18)13-5-14-10(8)17/h1-5H,(H2,13,14,15,17,18). The lowest BCUT2D eigenvalue weighted by Gasteiger charge is -2.02. The molecule has 0 saturated carbocycles. The fourth-order valence-electron chi connectivity index (χ4n) is 1.81. The van der Waals surface area contributed by atoms with Crippen molar-refractivity contribution in [1.82, 2.24) is 19.5 Å². The number of benzene rings is 1. The molecule has 0 aliphatic rings. The Hall–Kier alpha value is -2.34. The van der Waals surface area contributed by atoms with Crippen LogP contribution in [0.3, 0.4) is 0 Å². The molecule has 2 aromatic heterocycles. The van der Waals surface area contributed by atoms with E-state index in [-0.39, 0.29) is 11.2 Å². The van der Waals surface area contributed by atoms with Crippen molar-refractivity contribution in [2.24, 2.45) is 0 Å². The normalized spacial score (nSPS) is 10.9. The Balaban J connectivity index is 2.46. The molecule has 0 aliphatic carbocycles. The third-order valence-corrected chi connectivity index (χ3v) is 2.78. The van der Waals surface area contributed by atoms with E-state index in [1.807, 2.05) is 0 Å². The number of aromatic amines is 2. The third-order valence-electron chi connectivity index (χ3n) is 2.55. The molecule has 0 aliphatic heterocycles. The number of aromatic nitrogens is 4. The first-order valence-electron chi connectivity index (χ1n) is 5.11. The summed E-state index contributed by atoms with van der Waals surface area (Å²) in [4.78, 5) is 32.5. The molecule has 0 saturated heterocycles. The third kappa shape index (κ3) is 1.54. The van der Waals surface area contributed by atoms with E-state index in [0.29, 0.717) is 10.7 Å². The summed E-state index contributed by atoms with van der Waals surface area (Å²) in [6, 6.07) is 6.68. The lowest BCUT2D eigenvalue weighted by molar-refractivity contribution is 1.01. The molecule has 1 aromatic carbocycles. The van der Waals surface area contributed by atoms with Crippen molar-refractivity contribution in [3.63, 3.8) is 0 Å². The van der Waals surface area contributed by atoms with Gasteiger partial charge in [-0.05, 0) is 18.2 Å². The molecule has 3 aromatic rings. The van der Waals surface area contributed by atoms with Gasteiger partial charge in [-0.2, -0.15) is 0 Å². The molecule has 0 bridgehead atoms. The highest BCUT2D eigenvalue weighted by molar-refractivity contribution is 6.30. The number of hydrogen-bond acceptors (Lipinski definition) is 3. The second-order valence-electron chi connectivity index (χ2n) is 3.67. The molecule has 3 rings (SSSR count). The van der Waals surface area contributed by atoms with Gasteiger partial charge >= 0.3 is 5.69 Å². The molecule has 0 fully saturated rings. The summed E-state index contributed by atoms with van der Waals surface area (Å²) in [5.74, 6) is 0. The highest BCUT2D eigenvalue weighted by Crippen LogP contribution is 2.15. The highest BCUT2D eigenvalue weighted by atomic mass is 35.5. The molecular weight excluding hydrogens is 256 g/mol. The van der Waals surface area contributed by atoms with Gasteiger partial charge in [-0.1, -0.05) is 17.7 Å². The van der Waals surface area contributed by atoms with Gasteiger partial charge in [-0.25, -0.2) is 9.78 Å². The quantitative estimate of drug-likeness (QED) is 0.688. The highest BCUT2D eigenvalue weighted by Gasteiger charge is 2.12. The minimum atomic E-state index is -0.434. The Morgan fingerprint density at radius 3 is 2.89 bits per heavy atom. The number of rotatable bonds is 1. The van der Waals surface area contributed by atoms with Crippen LogP contribution in [0.5, 0.6) is 0 Å². The summed E-state index contributed by atoms with van der Waals surface area (Å²) in [7, 11) is 0. The van der Waals surface area contributed by atoms with Crippen LogP contribution in [0.25, 0.3) is 16.9 Å². The first kappa shape index (κ1) is 10.8. The topological polar surface area (TPSA) is 83.5 Å². The van der Waals surface area contributed by atoms with E-state index in [9.17, 15) is 9.59 Å². The molecule has 90 valence electrons. The largest absolute Gasteiger partial charge is 0.332 e. The van der Waals surface area contributed by atoms with Crippen LogP contribution in [0, 0.1) is 0 Å². The van der Waals surface area contributed by atoms with E-state index < -0.39 is 11.2 Å². The number of fused-ring (bicyclic) bond motifs is 1. The molecule has 0 amide bonds. The Morgan fingerprint density at radius 1 is 1.28 bits per heavy atom. The summed E-state index contributed by atoms with van der Waals surface area (Å²) in [5.41, 5.74) is 0.0977. The molecule has 18 heavy (non-hydrogen) atoms. The number of hydrogen-bond donors (Lipinski definition) is 2. The second-order valence-corrected chi connectivity index (χ2v) is 4.11. The summed E-state index contributed by atoms with van der Waals surface area (Å²) in [6.45, 7) is 0. The molecule has 7 heteroatoms. The minimum absolute atomic E-state index is 0.171. The van der Waals surface area contributed by atoms with E-state index in [0.717, 1.165) is 0 Å². The predicted molar refractivity (Wildman–Crippen MR) is 67.3 cm³/mol. The van der Waals surface area contributed by atoms with Gasteiger partial charge < -0.3 is 4.98 Å². The van der Waals surface area contributed by atoms with Crippen molar-refractivity contribution in [2.45, 2.75) is 0 Å². The Bertz CT molecular complexity index is 846. The molecule has 0 spiro atoms. The van der Waals surface area contributed by atoms with Crippen LogP contribution < -0.4 is 11.2 Å². The Labute approximate surface area is 105 Å². The van der Waals surface area contributed by atoms with Crippen LogP contribution in [0.2, 0.25) is 5.02 Å². The van der Waals surface area contributed by atoms with Crippen molar-refractivity contribution < 1.29 is 0 Å². The van der Waals surface area contributed by atoms with Crippen LogP contribution in [0.15, 0.2) is 40.2 Å². The zero-order valence-corrected chi connectivity index (χ0v) is 9.73. The van der Waals surface area contributed by atoms with E-state index in [4.69, 9.17) is 11.6 Å². The van der Waals surface area contributed by atoms with Crippen molar-refractivity contribution in [2.75, 3.05) is 0 Å². The van der Waals surface area contributed by atoms with Gasteiger partial charge in [0.05, 0.1) is 12.0 Å². The van der Waals surface area contributed by atoms with Gasteiger partial charge in [0.2, 0.25) is 0 Å². The van der Waals surface area contributed by atoms with Gasteiger partial charge in [-0.3, -0.25) is 14.3 Å². The van der Waals surface area contributed by atoms with Crippen molar-refractivity contribution >= 4 is 22.8 Å². The molecule has 6 nitrogen and oxygen atoms in total. The zero-order valence-electron chi connectivity index (χ0n) is 8.98.